The highest BCUT2D eigenvalue weighted by atomic mass is 16.6. The first kappa shape index (κ1) is 28.9. The van der Waals surface area contributed by atoms with Crippen molar-refractivity contribution in [3.8, 4) is 0 Å². The second kappa shape index (κ2) is 10.2. The highest BCUT2D eigenvalue weighted by Crippen LogP contribution is 2.50. The summed E-state index contributed by atoms with van der Waals surface area (Å²) < 4.78 is 5.98. The molecule has 226 valence electrons. The van der Waals surface area contributed by atoms with E-state index in [1.54, 1.807) is 6.92 Å². The number of hydrogen-bond donors (Lipinski definition) is 6. The number of esters is 1. The summed E-state index contributed by atoms with van der Waals surface area (Å²) in [5.74, 6) is -1.24. The van der Waals surface area contributed by atoms with Gasteiger partial charge in [-0.1, -0.05) is 13.8 Å². The van der Waals surface area contributed by atoms with E-state index in [1.165, 1.54) is 16.7 Å². The summed E-state index contributed by atoms with van der Waals surface area (Å²) in [5, 5.41) is 27.1. The van der Waals surface area contributed by atoms with Crippen molar-refractivity contribution < 1.29 is 24.5 Å². The third-order valence-corrected chi connectivity index (χ3v) is 9.79. The summed E-state index contributed by atoms with van der Waals surface area (Å²) in [6.45, 7) is 12.2. The summed E-state index contributed by atoms with van der Waals surface area (Å²) in [5.41, 5.74) is 8.19. The number of nitrogens with one attached hydrogen (secondary N) is 4. The van der Waals surface area contributed by atoms with Gasteiger partial charge in [0.2, 0.25) is 0 Å². The van der Waals surface area contributed by atoms with E-state index in [0.717, 1.165) is 63.0 Å². The fourth-order valence-corrected chi connectivity index (χ4v) is 7.17. The second-order valence-electron chi connectivity index (χ2n) is 12.2. The van der Waals surface area contributed by atoms with Crippen LogP contribution in [0.2, 0.25) is 0 Å². The van der Waals surface area contributed by atoms with E-state index in [4.69, 9.17) is 4.74 Å². The summed E-state index contributed by atoms with van der Waals surface area (Å²) in [4.78, 5) is 35.0. The van der Waals surface area contributed by atoms with Gasteiger partial charge in [0.25, 0.3) is 0 Å². The molecule has 3 aliphatic heterocycles. The van der Waals surface area contributed by atoms with Crippen LogP contribution in [-0.4, -0.2) is 48.3 Å². The molecule has 0 aliphatic carbocycles. The Labute approximate surface area is 250 Å². The Balaban J connectivity index is 1.70. The highest BCUT2D eigenvalue weighted by Gasteiger charge is 2.63. The Hall–Kier alpha value is -4.24. The number of ether oxygens (including phenoxy) is 1. The number of aliphatic hydroxyl groups is 1. The molecule has 6 rings (SSSR count). The van der Waals surface area contributed by atoms with Gasteiger partial charge in [-0.05, 0) is 105 Å². The maximum Gasteiger partial charge on any atom is 0.307 e. The topological polar surface area (TPSA) is 143 Å². The van der Waals surface area contributed by atoms with Crippen molar-refractivity contribution >= 4 is 36.2 Å². The lowest BCUT2D eigenvalue weighted by molar-refractivity contribution is -0.158. The molecular weight excluding hydrogens is 544 g/mol. The largest absolute Gasteiger partial charge is 0.481 e. The quantitative estimate of drug-likeness (QED) is 0.253. The van der Waals surface area contributed by atoms with Crippen molar-refractivity contribution in [2.75, 3.05) is 0 Å². The summed E-state index contributed by atoms with van der Waals surface area (Å²) in [6.07, 6.45) is 10.5. The van der Waals surface area contributed by atoms with Gasteiger partial charge in [0, 0.05) is 52.7 Å². The van der Waals surface area contributed by atoms with Crippen LogP contribution < -0.4 is 16.0 Å². The molecular formula is C34H40N4O5. The molecule has 9 heteroatoms. The van der Waals surface area contributed by atoms with E-state index in [0.29, 0.717) is 24.2 Å². The van der Waals surface area contributed by atoms with Crippen molar-refractivity contribution in [3.05, 3.63) is 78.2 Å². The minimum absolute atomic E-state index is 0.0281. The molecule has 6 N–H and O–H groups in total. The van der Waals surface area contributed by atoms with Gasteiger partial charge in [0.1, 0.15) is 5.60 Å². The van der Waals surface area contributed by atoms with Crippen molar-refractivity contribution in [2.45, 2.75) is 91.3 Å². The molecule has 2 fully saturated rings. The SMILES string of the molecule is CCc1c2[nH]c(c1C)/C=C1\N/C(=C\c3[nH]c(c(C)c3CCC(=O)O)/C=c3\[nH]/c(c(C)c3CC)=C\2)[C@]2(CCC(=O)O2)[C@@]1(C)O. The lowest BCUT2D eigenvalue weighted by Crippen LogP contribution is -2.49. The molecule has 2 atom stereocenters. The van der Waals surface area contributed by atoms with Crippen LogP contribution in [0.4, 0.5) is 0 Å². The number of H-pyrrole nitrogens is 3. The Bertz CT molecular complexity index is 1860. The number of aromatic nitrogens is 3. The van der Waals surface area contributed by atoms with Crippen LogP contribution in [0, 0.1) is 20.8 Å². The van der Waals surface area contributed by atoms with Gasteiger partial charge in [-0.15, -0.1) is 0 Å². The summed E-state index contributed by atoms with van der Waals surface area (Å²) >= 11 is 0. The van der Waals surface area contributed by atoms with Crippen LogP contribution in [0.1, 0.15) is 96.2 Å². The van der Waals surface area contributed by atoms with Gasteiger partial charge in [-0.2, -0.15) is 0 Å². The molecule has 9 nitrogen and oxygen atoms in total. The third kappa shape index (κ3) is 4.40. The van der Waals surface area contributed by atoms with E-state index in [-0.39, 0.29) is 18.8 Å². The molecule has 0 aromatic carbocycles. The zero-order chi connectivity index (χ0) is 30.8. The Morgan fingerprint density at radius 2 is 1.44 bits per heavy atom. The molecule has 0 radical (unpaired) electrons. The number of fused-ring (bicyclic) bond motifs is 9. The molecule has 43 heavy (non-hydrogen) atoms. The molecule has 3 aliphatic rings. The molecule has 6 heterocycles. The van der Waals surface area contributed by atoms with E-state index in [9.17, 15) is 19.8 Å². The average Bonchev–Trinajstić information content (AvgIpc) is 3.69. The number of hydrogen-bond acceptors (Lipinski definition) is 5. The minimum Gasteiger partial charge on any atom is -0.481 e. The zero-order valence-electron chi connectivity index (χ0n) is 25.7. The van der Waals surface area contributed by atoms with Crippen LogP contribution in [0.3, 0.4) is 0 Å². The van der Waals surface area contributed by atoms with Crippen molar-refractivity contribution in [3.63, 3.8) is 0 Å². The zero-order valence-corrected chi connectivity index (χ0v) is 25.7. The maximum absolute atomic E-state index is 12.6. The first-order chi connectivity index (χ1) is 20.4. The monoisotopic (exact) mass is 584 g/mol. The molecule has 8 bridgehead atoms. The minimum atomic E-state index is -1.54. The number of rotatable bonds is 5. The Kier molecular flexibility index (Phi) is 6.84. The van der Waals surface area contributed by atoms with Gasteiger partial charge in [-0.3, -0.25) is 9.59 Å². The van der Waals surface area contributed by atoms with E-state index < -0.39 is 17.2 Å². The number of aromatic amines is 3. The predicted molar refractivity (Wildman–Crippen MR) is 165 cm³/mol. The number of carboxylic acids is 1. The van der Waals surface area contributed by atoms with Gasteiger partial charge >= 0.3 is 11.9 Å². The molecule has 2 saturated heterocycles. The fourth-order valence-electron chi connectivity index (χ4n) is 7.17. The number of carbonyl (C=O) groups is 2. The smallest absolute Gasteiger partial charge is 0.307 e. The highest BCUT2D eigenvalue weighted by molar-refractivity contribution is 5.78. The molecule has 1 spiro atoms. The summed E-state index contributed by atoms with van der Waals surface area (Å²) in [7, 11) is 0. The fraction of sp³-hybridized carbons (Fsp3) is 0.412. The molecule has 0 saturated carbocycles. The third-order valence-electron chi connectivity index (χ3n) is 9.79. The van der Waals surface area contributed by atoms with Crippen LogP contribution in [-0.2, 0) is 33.6 Å². The Morgan fingerprint density at radius 1 is 0.837 bits per heavy atom. The maximum atomic E-state index is 12.6. The first-order valence-electron chi connectivity index (χ1n) is 15.1. The van der Waals surface area contributed by atoms with Crippen LogP contribution in [0.25, 0.3) is 24.3 Å². The van der Waals surface area contributed by atoms with Gasteiger partial charge in [0.15, 0.2) is 5.60 Å². The predicted octanol–water partition coefficient (Wildman–Crippen LogP) is 3.52. The average molecular weight is 585 g/mol. The summed E-state index contributed by atoms with van der Waals surface area (Å²) in [6, 6.07) is 0. The van der Waals surface area contributed by atoms with Gasteiger partial charge in [0.05, 0.1) is 11.4 Å². The van der Waals surface area contributed by atoms with Crippen molar-refractivity contribution in [1.29, 1.82) is 0 Å². The van der Waals surface area contributed by atoms with Gasteiger partial charge < -0.3 is 35.2 Å². The number of aliphatic carboxylic acids is 1. The van der Waals surface area contributed by atoms with E-state index in [2.05, 4.69) is 60.1 Å². The first-order valence-corrected chi connectivity index (χ1v) is 15.1. The Morgan fingerprint density at radius 3 is 2.07 bits per heavy atom. The van der Waals surface area contributed by atoms with Crippen LogP contribution >= 0.6 is 0 Å². The standard InChI is InChI=1S/C34H40N4O5/c1-7-20-17(3)23-13-27-21(8-2)18(4)25(37-27)15-29-33(6,42)34(12-11-32(41)43-34)30(38-29)16-28-22(9-10-31(39)40)19(5)24(36-28)14-26(20)35-23/h13-16,35-38,42H,7-12H2,1-6H3,(H,39,40)/b23-13-,26-14-,29-15-,30-16-/t33-,34+/m0/s1. The number of carbonyl (C=O) groups excluding carboxylic acids is 1. The molecule has 3 aromatic heterocycles. The lowest BCUT2D eigenvalue weighted by Gasteiger charge is -2.34. The van der Waals surface area contributed by atoms with E-state index >= 15 is 0 Å². The lowest BCUT2D eigenvalue weighted by atomic mass is 9.80. The molecule has 0 unspecified atom stereocenters. The van der Waals surface area contributed by atoms with Crippen LogP contribution in [0.5, 0.6) is 0 Å². The van der Waals surface area contributed by atoms with Crippen molar-refractivity contribution in [2.24, 2.45) is 0 Å². The van der Waals surface area contributed by atoms with Gasteiger partial charge in [-0.25, -0.2) is 0 Å². The molecule has 3 aromatic rings. The van der Waals surface area contributed by atoms with Crippen LogP contribution in [0.15, 0.2) is 11.4 Å². The second-order valence-corrected chi connectivity index (χ2v) is 12.2. The van der Waals surface area contributed by atoms with E-state index in [1.807, 2.05) is 19.1 Å². The van der Waals surface area contributed by atoms with Crippen molar-refractivity contribution in [1.82, 2.24) is 20.3 Å². The normalized spacial score (nSPS) is 26.5. The molecule has 0 amide bonds. The number of carboxylic acid groups (broad SMARTS) is 1.